The third-order valence-corrected chi connectivity index (χ3v) is 6.11. The lowest BCUT2D eigenvalue weighted by Crippen LogP contribution is -2.40. The van der Waals surface area contributed by atoms with Crippen molar-refractivity contribution < 1.29 is 9.13 Å². The summed E-state index contributed by atoms with van der Waals surface area (Å²) < 4.78 is 20.3. The van der Waals surface area contributed by atoms with Gasteiger partial charge in [-0.15, -0.1) is 11.3 Å². The Hall–Kier alpha value is -1.59. The Kier molecular flexibility index (Phi) is 7.13. The van der Waals surface area contributed by atoms with Crippen LogP contribution in [0.3, 0.4) is 0 Å². The molecule has 148 valence electrons. The highest BCUT2D eigenvalue weighted by molar-refractivity contribution is 7.13. The Labute approximate surface area is 166 Å². The molecule has 3 nitrogen and oxygen atoms in total. The van der Waals surface area contributed by atoms with Gasteiger partial charge in [0.2, 0.25) is 0 Å². The van der Waals surface area contributed by atoms with Crippen molar-refractivity contribution in [2.75, 3.05) is 19.6 Å². The molecule has 0 amide bonds. The highest BCUT2D eigenvalue weighted by Gasteiger charge is 2.22. The second-order valence-corrected chi connectivity index (χ2v) is 8.77. The topological polar surface area (TPSA) is 24.5 Å². The van der Waals surface area contributed by atoms with E-state index in [-0.39, 0.29) is 11.9 Å². The number of ether oxygens (including phenoxy) is 1. The normalized spacial score (nSPS) is 21.6. The second-order valence-electron chi connectivity index (χ2n) is 7.48. The number of rotatable bonds is 7. The highest BCUT2D eigenvalue weighted by Crippen LogP contribution is 2.33. The molecule has 1 atom stereocenters. The number of nitrogens with one attached hydrogen (secondary N) is 1. The molecule has 1 fully saturated rings. The van der Waals surface area contributed by atoms with Crippen molar-refractivity contribution >= 4 is 16.9 Å². The molecule has 27 heavy (non-hydrogen) atoms. The molecule has 3 rings (SSSR count). The molecule has 0 spiro atoms. The van der Waals surface area contributed by atoms with Crippen molar-refractivity contribution in [3.8, 4) is 0 Å². The molecule has 1 N–H and O–H groups in total. The first-order chi connectivity index (χ1) is 13.0. The van der Waals surface area contributed by atoms with E-state index in [1.165, 1.54) is 11.3 Å². The molecule has 1 unspecified atom stereocenters. The van der Waals surface area contributed by atoms with E-state index in [9.17, 15) is 4.39 Å². The van der Waals surface area contributed by atoms with Gasteiger partial charge in [-0.3, -0.25) is 4.90 Å². The zero-order valence-electron chi connectivity index (χ0n) is 16.5. The van der Waals surface area contributed by atoms with Crippen LogP contribution in [0.4, 0.5) is 4.39 Å². The summed E-state index contributed by atoms with van der Waals surface area (Å²) in [6, 6.07) is 4.15. The van der Waals surface area contributed by atoms with E-state index in [1.807, 2.05) is 0 Å². The number of likely N-dealkylation sites (tertiary alicyclic amines) is 1. The van der Waals surface area contributed by atoms with Crippen molar-refractivity contribution in [2.45, 2.75) is 58.5 Å². The molecule has 1 saturated heterocycles. The van der Waals surface area contributed by atoms with E-state index in [1.54, 1.807) is 17.4 Å². The zero-order chi connectivity index (χ0) is 19.2. The summed E-state index contributed by atoms with van der Waals surface area (Å²) in [5.41, 5.74) is 1.94. The van der Waals surface area contributed by atoms with Gasteiger partial charge in [-0.1, -0.05) is 6.92 Å². The molecule has 1 aromatic rings. The first-order valence-electron chi connectivity index (χ1n) is 10.1. The van der Waals surface area contributed by atoms with E-state index in [0.717, 1.165) is 61.5 Å². The lowest BCUT2D eigenvalue weighted by atomic mass is 10.1. The van der Waals surface area contributed by atoms with Crippen molar-refractivity contribution in [2.24, 2.45) is 0 Å². The van der Waals surface area contributed by atoms with Crippen LogP contribution in [0.2, 0.25) is 0 Å². The molecule has 1 aromatic heterocycles. The number of nitrogens with zero attached hydrogens (tertiary/aromatic N) is 1. The van der Waals surface area contributed by atoms with Gasteiger partial charge in [-0.05, 0) is 83.3 Å². The van der Waals surface area contributed by atoms with E-state index >= 15 is 0 Å². The van der Waals surface area contributed by atoms with Gasteiger partial charge in [0.25, 0.3) is 0 Å². The van der Waals surface area contributed by atoms with Crippen LogP contribution < -0.4 is 5.32 Å². The highest BCUT2D eigenvalue weighted by atomic mass is 32.1. The molecule has 2 aliphatic rings. The Morgan fingerprint density at radius 2 is 2.22 bits per heavy atom. The Balaban J connectivity index is 1.70. The summed E-state index contributed by atoms with van der Waals surface area (Å²) in [6.45, 7) is 11.6. The molecule has 1 aliphatic carbocycles. The van der Waals surface area contributed by atoms with E-state index in [2.05, 4.69) is 42.8 Å². The summed E-state index contributed by atoms with van der Waals surface area (Å²) in [7, 11) is 0. The van der Waals surface area contributed by atoms with Crippen LogP contribution in [0.5, 0.6) is 0 Å². The summed E-state index contributed by atoms with van der Waals surface area (Å²) in [4.78, 5) is 4.78. The van der Waals surface area contributed by atoms with Crippen LogP contribution >= 0.6 is 11.3 Å². The number of aryl methyl sites for hydroxylation is 1. The fourth-order valence-corrected chi connectivity index (χ4v) is 4.75. The van der Waals surface area contributed by atoms with Gasteiger partial charge in [-0.25, -0.2) is 4.39 Å². The first-order valence-corrected chi connectivity index (χ1v) is 10.9. The minimum atomic E-state index is -0.0538. The standard InChI is InChI=1S/C22H31FN2OS/c1-4-12-25-13-6-8-19(15-25)26-17(3)24-21-9-5-7-18(23)14-20(21)22-11-10-16(2)27-22/h10-11,14,19,24H,3-9,12-13,15H2,1-2H3. The fraction of sp³-hybridized carbons (Fsp3) is 0.545. The number of thiophene rings is 1. The Morgan fingerprint density at radius 3 is 2.96 bits per heavy atom. The molecule has 1 aliphatic heterocycles. The lowest BCUT2D eigenvalue weighted by molar-refractivity contribution is 0.0346. The SMILES string of the molecule is C=C(NC1=C(c2ccc(C)s2)C=C(F)CCC1)OC1CCCN(CCC)C1. The largest absolute Gasteiger partial charge is 0.475 e. The van der Waals surface area contributed by atoms with Crippen molar-refractivity contribution in [3.05, 3.63) is 51.9 Å². The van der Waals surface area contributed by atoms with Crippen LogP contribution in [-0.4, -0.2) is 30.6 Å². The van der Waals surface area contributed by atoms with Crippen LogP contribution in [0.1, 0.15) is 55.2 Å². The average Bonchev–Trinajstić information content (AvgIpc) is 2.97. The first kappa shape index (κ1) is 20.2. The van der Waals surface area contributed by atoms with E-state index in [4.69, 9.17) is 4.74 Å². The predicted octanol–water partition coefficient (Wildman–Crippen LogP) is 5.76. The van der Waals surface area contributed by atoms with E-state index < -0.39 is 0 Å². The van der Waals surface area contributed by atoms with Gasteiger partial charge in [0, 0.05) is 27.6 Å². The molecule has 0 radical (unpaired) electrons. The van der Waals surface area contributed by atoms with Gasteiger partial charge in [-0.2, -0.15) is 0 Å². The molecule has 0 saturated carbocycles. The molecular formula is C22H31FN2OS. The third-order valence-electron chi connectivity index (χ3n) is 5.08. The van der Waals surface area contributed by atoms with Crippen molar-refractivity contribution in [1.82, 2.24) is 10.2 Å². The van der Waals surface area contributed by atoms with Crippen LogP contribution in [0, 0.1) is 6.92 Å². The van der Waals surface area contributed by atoms with Gasteiger partial charge in [0.05, 0.1) is 0 Å². The van der Waals surface area contributed by atoms with Gasteiger partial charge in [0.15, 0.2) is 5.88 Å². The summed E-state index contributed by atoms with van der Waals surface area (Å²) in [5.74, 6) is 0.525. The van der Waals surface area contributed by atoms with Gasteiger partial charge < -0.3 is 10.1 Å². The second kappa shape index (κ2) is 9.56. The van der Waals surface area contributed by atoms with Crippen LogP contribution in [0.25, 0.3) is 5.57 Å². The van der Waals surface area contributed by atoms with Gasteiger partial charge in [0.1, 0.15) is 11.9 Å². The van der Waals surface area contributed by atoms with Crippen molar-refractivity contribution in [1.29, 1.82) is 0 Å². The average molecular weight is 391 g/mol. The summed E-state index contributed by atoms with van der Waals surface area (Å²) in [5, 5.41) is 3.37. The maximum atomic E-state index is 14.1. The van der Waals surface area contributed by atoms with Gasteiger partial charge >= 0.3 is 0 Å². The maximum Gasteiger partial charge on any atom is 0.183 e. The quantitative estimate of drug-likeness (QED) is 0.599. The Morgan fingerprint density at radius 1 is 1.37 bits per heavy atom. The van der Waals surface area contributed by atoms with E-state index in [0.29, 0.717) is 12.3 Å². The number of hydrogen-bond donors (Lipinski definition) is 1. The molecular weight excluding hydrogens is 359 g/mol. The lowest BCUT2D eigenvalue weighted by Gasteiger charge is -2.33. The Bertz CT molecular complexity index is 720. The molecule has 0 aromatic carbocycles. The number of allylic oxidation sites excluding steroid dienone is 4. The predicted molar refractivity (Wildman–Crippen MR) is 112 cm³/mol. The van der Waals surface area contributed by atoms with Crippen LogP contribution in [-0.2, 0) is 4.74 Å². The number of hydrogen-bond acceptors (Lipinski definition) is 4. The van der Waals surface area contributed by atoms with Crippen molar-refractivity contribution in [3.63, 3.8) is 0 Å². The minimum absolute atomic E-state index is 0.0538. The maximum absolute atomic E-state index is 14.1. The molecule has 0 bridgehead atoms. The van der Waals surface area contributed by atoms with Crippen LogP contribution in [0.15, 0.2) is 42.2 Å². The minimum Gasteiger partial charge on any atom is -0.475 e. The third kappa shape index (κ3) is 5.69. The molecule has 5 heteroatoms. The smallest absolute Gasteiger partial charge is 0.183 e. The summed E-state index contributed by atoms with van der Waals surface area (Å²) >= 11 is 1.69. The number of halogens is 1. The molecule has 2 heterocycles. The fourth-order valence-electron chi connectivity index (χ4n) is 3.84. The monoisotopic (exact) mass is 390 g/mol. The zero-order valence-corrected chi connectivity index (χ0v) is 17.3. The number of piperidine rings is 1. The summed E-state index contributed by atoms with van der Waals surface area (Å²) in [6.07, 6.45) is 7.32.